The third kappa shape index (κ3) is 5.33. The van der Waals surface area contributed by atoms with Crippen LogP contribution in [0.4, 0.5) is 0 Å². The standard InChI is InChI=1S/C15H25NO2S/c1-5-12(3)13-7-9-14(10-8-13)15(16-6-2)11-19(4,17)18/h7-10,12,15-16H,5-6,11H2,1-4H3. The molecule has 1 N–H and O–H groups in total. The Morgan fingerprint density at radius 2 is 1.63 bits per heavy atom. The third-order valence-electron chi connectivity index (χ3n) is 3.44. The van der Waals surface area contributed by atoms with E-state index in [-0.39, 0.29) is 11.8 Å². The zero-order chi connectivity index (χ0) is 14.5. The van der Waals surface area contributed by atoms with Gasteiger partial charge in [0.1, 0.15) is 9.84 Å². The van der Waals surface area contributed by atoms with Crippen LogP contribution in [0.3, 0.4) is 0 Å². The molecule has 108 valence electrons. The Balaban J connectivity index is 2.91. The number of sulfone groups is 1. The molecule has 0 saturated heterocycles. The molecule has 0 spiro atoms. The minimum atomic E-state index is -2.99. The summed E-state index contributed by atoms with van der Waals surface area (Å²) >= 11 is 0. The summed E-state index contributed by atoms with van der Waals surface area (Å²) in [5.74, 6) is 0.685. The lowest BCUT2D eigenvalue weighted by molar-refractivity contribution is 0.563. The van der Waals surface area contributed by atoms with Gasteiger partial charge in [-0.25, -0.2) is 8.42 Å². The molecule has 2 unspecified atom stereocenters. The predicted octanol–water partition coefficient (Wildman–Crippen LogP) is 2.90. The van der Waals surface area contributed by atoms with Crippen molar-refractivity contribution in [3.63, 3.8) is 0 Å². The summed E-state index contributed by atoms with van der Waals surface area (Å²) in [6, 6.07) is 8.18. The Labute approximate surface area is 117 Å². The molecule has 1 rings (SSSR count). The summed E-state index contributed by atoms with van der Waals surface area (Å²) in [5.41, 5.74) is 2.35. The van der Waals surface area contributed by atoms with E-state index in [1.54, 1.807) is 0 Å². The lowest BCUT2D eigenvalue weighted by Gasteiger charge is -2.18. The molecule has 1 aromatic carbocycles. The third-order valence-corrected chi connectivity index (χ3v) is 4.38. The molecule has 0 bridgehead atoms. The number of hydrogen-bond acceptors (Lipinski definition) is 3. The van der Waals surface area contributed by atoms with Crippen molar-refractivity contribution in [1.29, 1.82) is 0 Å². The Kier molecular flexibility index (Phi) is 6.01. The molecule has 0 saturated carbocycles. The highest BCUT2D eigenvalue weighted by Gasteiger charge is 2.16. The first-order valence-corrected chi connectivity index (χ1v) is 8.94. The normalized spacial score (nSPS) is 15.2. The van der Waals surface area contributed by atoms with E-state index in [4.69, 9.17) is 0 Å². The van der Waals surface area contributed by atoms with Gasteiger partial charge in [0.15, 0.2) is 0 Å². The Bertz CT molecular complexity index is 479. The summed E-state index contributed by atoms with van der Waals surface area (Å²) in [5, 5.41) is 3.24. The van der Waals surface area contributed by atoms with E-state index in [1.165, 1.54) is 11.8 Å². The number of nitrogens with one attached hydrogen (secondary N) is 1. The Hall–Kier alpha value is -0.870. The van der Waals surface area contributed by atoms with E-state index >= 15 is 0 Å². The zero-order valence-corrected chi connectivity index (χ0v) is 13.1. The molecule has 0 fully saturated rings. The van der Waals surface area contributed by atoms with Gasteiger partial charge in [-0.1, -0.05) is 45.0 Å². The molecular weight excluding hydrogens is 258 g/mol. The minimum absolute atomic E-state index is 0.119. The van der Waals surface area contributed by atoms with Gasteiger partial charge in [0.2, 0.25) is 0 Å². The number of rotatable bonds is 7. The van der Waals surface area contributed by atoms with Crippen molar-refractivity contribution in [2.45, 2.75) is 39.2 Å². The summed E-state index contributed by atoms with van der Waals surface area (Å²) < 4.78 is 22.9. The zero-order valence-electron chi connectivity index (χ0n) is 12.3. The van der Waals surface area contributed by atoms with Crippen molar-refractivity contribution in [3.8, 4) is 0 Å². The van der Waals surface area contributed by atoms with Gasteiger partial charge in [-0.05, 0) is 30.0 Å². The summed E-state index contributed by atoms with van der Waals surface area (Å²) in [7, 11) is -2.99. The van der Waals surface area contributed by atoms with Crippen molar-refractivity contribution in [2.75, 3.05) is 18.6 Å². The average molecular weight is 283 g/mol. The van der Waals surface area contributed by atoms with Crippen LogP contribution in [0.5, 0.6) is 0 Å². The van der Waals surface area contributed by atoms with E-state index < -0.39 is 9.84 Å². The number of benzene rings is 1. The van der Waals surface area contributed by atoms with Crippen molar-refractivity contribution >= 4 is 9.84 Å². The van der Waals surface area contributed by atoms with Gasteiger partial charge in [0, 0.05) is 12.3 Å². The highest BCUT2D eigenvalue weighted by Crippen LogP contribution is 2.22. The molecule has 0 radical (unpaired) electrons. The summed E-state index contributed by atoms with van der Waals surface area (Å²) in [6.07, 6.45) is 2.39. The molecule has 3 nitrogen and oxygen atoms in total. The molecule has 19 heavy (non-hydrogen) atoms. The molecule has 0 heterocycles. The minimum Gasteiger partial charge on any atom is -0.309 e. The predicted molar refractivity (Wildman–Crippen MR) is 81.3 cm³/mol. The maximum absolute atomic E-state index is 11.5. The van der Waals surface area contributed by atoms with Gasteiger partial charge in [0.05, 0.1) is 5.75 Å². The molecule has 1 aromatic rings. The molecular formula is C15H25NO2S. The fraction of sp³-hybridized carbons (Fsp3) is 0.600. The van der Waals surface area contributed by atoms with Crippen LogP contribution in [0.1, 0.15) is 50.3 Å². The second-order valence-corrected chi connectivity index (χ2v) is 7.36. The van der Waals surface area contributed by atoms with Gasteiger partial charge in [-0.15, -0.1) is 0 Å². The summed E-state index contributed by atoms with van der Waals surface area (Å²) in [4.78, 5) is 0. The van der Waals surface area contributed by atoms with E-state index in [1.807, 2.05) is 19.1 Å². The van der Waals surface area contributed by atoms with E-state index in [2.05, 4.69) is 31.3 Å². The molecule has 0 amide bonds. The summed E-state index contributed by atoms with van der Waals surface area (Å²) in [6.45, 7) is 7.12. The first kappa shape index (κ1) is 16.2. The van der Waals surface area contributed by atoms with Crippen LogP contribution in [0.15, 0.2) is 24.3 Å². The molecule has 0 aromatic heterocycles. The largest absolute Gasteiger partial charge is 0.309 e. The maximum Gasteiger partial charge on any atom is 0.149 e. The second-order valence-electron chi connectivity index (χ2n) is 5.18. The maximum atomic E-state index is 11.5. The first-order valence-electron chi connectivity index (χ1n) is 6.88. The van der Waals surface area contributed by atoms with Crippen molar-refractivity contribution in [3.05, 3.63) is 35.4 Å². The average Bonchev–Trinajstić information content (AvgIpc) is 2.36. The highest BCUT2D eigenvalue weighted by atomic mass is 32.2. The van der Waals surface area contributed by atoms with Crippen LogP contribution in [0.2, 0.25) is 0 Å². The van der Waals surface area contributed by atoms with Gasteiger partial charge >= 0.3 is 0 Å². The highest BCUT2D eigenvalue weighted by molar-refractivity contribution is 7.90. The van der Waals surface area contributed by atoms with Crippen molar-refractivity contribution in [2.24, 2.45) is 0 Å². The van der Waals surface area contributed by atoms with Crippen LogP contribution < -0.4 is 5.32 Å². The van der Waals surface area contributed by atoms with Crippen molar-refractivity contribution < 1.29 is 8.42 Å². The van der Waals surface area contributed by atoms with Crippen LogP contribution >= 0.6 is 0 Å². The van der Waals surface area contributed by atoms with Crippen molar-refractivity contribution in [1.82, 2.24) is 5.32 Å². The van der Waals surface area contributed by atoms with Crippen LogP contribution in [0.25, 0.3) is 0 Å². The van der Waals surface area contributed by atoms with E-state index in [0.717, 1.165) is 18.5 Å². The second kappa shape index (κ2) is 7.06. The molecule has 0 aliphatic carbocycles. The Morgan fingerprint density at radius 3 is 2.05 bits per heavy atom. The SMILES string of the molecule is CCNC(CS(C)(=O)=O)c1ccc(C(C)CC)cc1. The topological polar surface area (TPSA) is 46.2 Å². The van der Waals surface area contributed by atoms with Crippen LogP contribution in [-0.2, 0) is 9.84 Å². The quantitative estimate of drug-likeness (QED) is 0.837. The molecule has 0 aliphatic rings. The lowest BCUT2D eigenvalue weighted by atomic mass is 9.96. The Morgan fingerprint density at radius 1 is 1.11 bits per heavy atom. The van der Waals surface area contributed by atoms with Crippen LogP contribution in [-0.4, -0.2) is 27.0 Å². The fourth-order valence-corrected chi connectivity index (χ4v) is 3.03. The monoisotopic (exact) mass is 283 g/mol. The number of hydrogen-bond donors (Lipinski definition) is 1. The molecule has 4 heteroatoms. The van der Waals surface area contributed by atoms with Crippen LogP contribution in [0, 0.1) is 0 Å². The van der Waals surface area contributed by atoms with Gasteiger partial charge < -0.3 is 5.32 Å². The fourth-order valence-electron chi connectivity index (χ4n) is 2.11. The van der Waals surface area contributed by atoms with Gasteiger partial charge in [-0.2, -0.15) is 0 Å². The smallest absolute Gasteiger partial charge is 0.149 e. The van der Waals surface area contributed by atoms with Gasteiger partial charge in [0.25, 0.3) is 0 Å². The molecule has 2 atom stereocenters. The van der Waals surface area contributed by atoms with E-state index in [0.29, 0.717) is 5.92 Å². The van der Waals surface area contributed by atoms with Gasteiger partial charge in [-0.3, -0.25) is 0 Å². The van der Waals surface area contributed by atoms with E-state index in [9.17, 15) is 8.42 Å². The molecule has 0 aliphatic heterocycles. The first-order chi connectivity index (χ1) is 8.87. The lowest BCUT2D eigenvalue weighted by Crippen LogP contribution is -2.27.